The zero-order valence-corrected chi connectivity index (χ0v) is 10.8. The highest BCUT2D eigenvalue weighted by molar-refractivity contribution is 9.10. The molecule has 0 saturated heterocycles. The Morgan fingerprint density at radius 2 is 2.06 bits per heavy atom. The smallest absolute Gasteiger partial charge is 0.319 e. The van der Waals surface area contributed by atoms with Crippen LogP contribution in [0, 0.1) is 6.92 Å². The van der Waals surface area contributed by atoms with Crippen molar-refractivity contribution in [3.05, 3.63) is 34.1 Å². The van der Waals surface area contributed by atoms with E-state index in [9.17, 15) is 8.78 Å². The maximum absolute atomic E-state index is 13.3. The molecule has 0 unspecified atom stereocenters. The van der Waals surface area contributed by atoms with Crippen molar-refractivity contribution in [2.45, 2.75) is 13.0 Å². The van der Waals surface area contributed by atoms with Gasteiger partial charge in [0.2, 0.25) is 0 Å². The van der Waals surface area contributed by atoms with Crippen LogP contribution in [0.1, 0.15) is 11.3 Å². The van der Waals surface area contributed by atoms with Gasteiger partial charge in [-0.15, -0.1) is 0 Å². The number of halogens is 3. The summed E-state index contributed by atoms with van der Waals surface area (Å²) < 4.78 is 31.4. The van der Waals surface area contributed by atoms with E-state index < -0.39 is 11.8 Å². The Bertz CT molecular complexity index is 575. The molecule has 0 bridgehead atoms. The summed E-state index contributed by atoms with van der Waals surface area (Å²) in [5, 5.41) is 0. The maximum Gasteiger partial charge on any atom is 0.401 e. The topological polar surface area (TPSA) is 35.0 Å². The molecule has 3 nitrogen and oxygen atoms in total. The van der Waals surface area contributed by atoms with Crippen LogP contribution in [0.25, 0.3) is 11.0 Å². The Balaban J connectivity index is 2.66. The molecule has 6 heteroatoms. The van der Waals surface area contributed by atoms with E-state index in [1.165, 1.54) is 0 Å². The van der Waals surface area contributed by atoms with Crippen LogP contribution in [0.15, 0.2) is 22.8 Å². The molecular weight excluding hydrogens is 294 g/mol. The minimum atomic E-state index is -3.42. The second-order valence-electron chi connectivity index (χ2n) is 3.59. The third kappa shape index (κ3) is 2.28. The fourth-order valence-electron chi connectivity index (χ4n) is 1.46. The van der Waals surface area contributed by atoms with E-state index in [0.29, 0.717) is 11.0 Å². The first-order valence-electron chi connectivity index (χ1n) is 4.80. The average molecular weight is 303 g/mol. The Morgan fingerprint density at radius 1 is 1.35 bits per heavy atom. The normalized spacial score (nSPS) is 12.1. The van der Waals surface area contributed by atoms with Crippen LogP contribution >= 0.6 is 15.9 Å². The lowest BCUT2D eigenvalue weighted by molar-refractivity contribution is -0.234. The largest absolute Gasteiger partial charge is 0.401 e. The van der Waals surface area contributed by atoms with E-state index in [0.717, 1.165) is 23.3 Å². The van der Waals surface area contributed by atoms with Gasteiger partial charge >= 0.3 is 6.11 Å². The number of alkyl halides is 2. The summed E-state index contributed by atoms with van der Waals surface area (Å²) in [4.78, 5) is 7.84. The number of ether oxygens (including phenoxy) is 1. The molecule has 2 rings (SSSR count). The predicted octanol–water partition coefficient (Wildman–Crippen LogP) is 3.40. The summed E-state index contributed by atoms with van der Waals surface area (Å²) in [6.07, 6.45) is -2.40. The fraction of sp³-hybridized carbons (Fsp3) is 0.273. The van der Waals surface area contributed by atoms with Crippen molar-refractivity contribution >= 4 is 27.0 Å². The van der Waals surface area contributed by atoms with Crippen LogP contribution in [0.4, 0.5) is 8.78 Å². The van der Waals surface area contributed by atoms with Crippen molar-refractivity contribution < 1.29 is 13.5 Å². The minimum Gasteiger partial charge on any atom is -0.319 e. The van der Waals surface area contributed by atoms with Gasteiger partial charge in [0.15, 0.2) is 5.69 Å². The number of hydrogen-bond donors (Lipinski definition) is 0. The lowest BCUT2D eigenvalue weighted by Crippen LogP contribution is -2.18. The molecule has 2 aromatic rings. The molecule has 1 aromatic heterocycles. The van der Waals surface area contributed by atoms with Gasteiger partial charge in [-0.2, -0.15) is 8.78 Å². The Hall–Kier alpha value is -1.14. The van der Waals surface area contributed by atoms with Crippen molar-refractivity contribution in [3.8, 4) is 0 Å². The molecule has 0 saturated carbocycles. The van der Waals surface area contributed by atoms with Crippen LogP contribution in [-0.2, 0) is 10.8 Å². The molecule has 0 aliphatic rings. The number of hydrogen-bond acceptors (Lipinski definition) is 3. The monoisotopic (exact) mass is 302 g/mol. The summed E-state index contributed by atoms with van der Waals surface area (Å²) in [6, 6.07) is 3.55. The van der Waals surface area contributed by atoms with E-state index in [2.05, 4.69) is 30.6 Å². The number of aromatic nitrogens is 2. The third-order valence-electron chi connectivity index (χ3n) is 2.30. The van der Waals surface area contributed by atoms with E-state index in [4.69, 9.17) is 0 Å². The van der Waals surface area contributed by atoms with E-state index in [1.807, 2.05) is 13.0 Å². The molecule has 0 N–H and O–H groups in total. The van der Waals surface area contributed by atoms with Crippen LogP contribution < -0.4 is 0 Å². The molecule has 17 heavy (non-hydrogen) atoms. The molecule has 1 heterocycles. The molecule has 0 aliphatic heterocycles. The molecule has 0 radical (unpaired) electrons. The van der Waals surface area contributed by atoms with Gasteiger partial charge in [0.05, 0.1) is 11.7 Å². The highest BCUT2D eigenvalue weighted by atomic mass is 79.9. The van der Waals surface area contributed by atoms with Gasteiger partial charge in [-0.25, -0.2) is 4.98 Å². The molecule has 1 aromatic carbocycles. The average Bonchev–Trinajstić information content (AvgIpc) is 2.28. The molecule has 0 amide bonds. The Labute approximate surface area is 105 Å². The standard InChI is InChI=1S/C11H9BrF2N2O/c1-6-3-7(12)10-8(4-6)16-9(5-15-10)11(13,14)17-2/h3-5H,1-2H3. The van der Waals surface area contributed by atoms with E-state index >= 15 is 0 Å². The highest BCUT2D eigenvalue weighted by Gasteiger charge is 2.33. The summed E-state index contributed by atoms with van der Waals surface area (Å²) in [6.45, 7) is 1.85. The van der Waals surface area contributed by atoms with Gasteiger partial charge in [0.25, 0.3) is 0 Å². The number of fused-ring (bicyclic) bond motifs is 1. The summed E-state index contributed by atoms with van der Waals surface area (Å²) >= 11 is 3.32. The first-order chi connectivity index (χ1) is 7.94. The van der Waals surface area contributed by atoms with Crippen LogP contribution in [0.2, 0.25) is 0 Å². The van der Waals surface area contributed by atoms with Crippen molar-refractivity contribution in [2.24, 2.45) is 0 Å². The van der Waals surface area contributed by atoms with Gasteiger partial charge in [-0.3, -0.25) is 4.98 Å². The third-order valence-corrected chi connectivity index (χ3v) is 2.90. The lowest BCUT2D eigenvalue weighted by Gasteiger charge is -2.13. The van der Waals surface area contributed by atoms with Gasteiger partial charge in [0.1, 0.15) is 5.52 Å². The number of methoxy groups -OCH3 is 1. The molecule has 90 valence electrons. The number of rotatable bonds is 2. The first kappa shape index (κ1) is 12.3. The molecular formula is C11H9BrF2N2O. The summed E-state index contributed by atoms with van der Waals surface area (Å²) in [5.74, 6) is 0. The fourth-order valence-corrected chi connectivity index (χ4v) is 2.13. The van der Waals surface area contributed by atoms with Crippen LogP contribution in [0.5, 0.6) is 0 Å². The maximum atomic E-state index is 13.3. The van der Waals surface area contributed by atoms with Gasteiger partial charge in [0, 0.05) is 11.6 Å². The van der Waals surface area contributed by atoms with Crippen molar-refractivity contribution in [1.82, 2.24) is 9.97 Å². The van der Waals surface area contributed by atoms with Gasteiger partial charge in [-0.05, 0) is 40.5 Å². The second kappa shape index (κ2) is 4.27. The first-order valence-corrected chi connectivity index (χ1v) is 5.59. The molecule has 0 fully saturated rings. The Morgan fingerprint density at radius 3 is 2.71 bits per heavy atom. The highest BCUT2D eigenvalue weighted by Crippen LogP contribution is 2.29. The van der Waals surface area contributed by atoms with Crippen LogP contribution in [-0.4, -0.2) is 17.1 Å². The zero-order valence-electron chi connectivity index (χ0n) is 9.17. The Kier molecular flexibility index (Phi) is 3.09. The zero-order chi connectivity index (χ0) is 12.6. The van der Waals surface area contributed by atoms with Crippen molar-refractivity contribution in [1.29, 1.82) is 0 Å². The lowest BCUT2D eigenvalue weighted by atomic mass is 10.2. The molecule has 0 atom stereocenters. The summed E-state index contributed by atoms with van der Waals surface area (Å²) in [7, 11) is 0.929. The van der Waals surface area contributed by atoms with Crippen LogP contribution in [0.3, 0.4) is 0 Å². The quantitative estimate of drug-likeness (QED) is 0.853. The van der Waals surface area contributed by atoms with Gasteiger partial charge < -0.3 is 4.74 Å². The number of nitrogens with zero attached hydrogens (tertiary/aromatic N) is 2. The second-order valence-corrected chi connectivity index (χ2v) is 4.44. The van der Waals surface area contributed by atoms with Crippen molar-refractivity contribution in [2.75, 3.05) is 7.11 Å². The predicted molar refractivity (Wildman–Crippen MR) is 62.9 cm³/mol. The minimum absolute atomic E-state index is 0.408. The molecule has 0 spiro atoms. The van der Waals surface area contributed by atoms with E-state index in [-0.39, 0.29) is 0 Å². The number of benzene rings is 1. The molecule has 0 aliphatic carbocycles. The van der Waals surface area contributed by atoms with E-state index in [1.54, 1.807) is 6.07 Å². The van der Waals surface area contributed by atoms with Crippen molar-refractivity contribution in [3.63, 3.8) is 0 Å². The number of aryl methyl sites for hydroxylation is 1. The summed E-state index contributed by atoms with van der Waals surface area (Å²) in [5.41, 5.74) is 1.37. The SMILES string of the molecule is COC(F)(F)c1cnc2c(Br)cc(C)cc2n1. The van der Waals surface area contributed by atoms with Gasteiger partial charge in [-0.1, -0.05) is 0 Å².